The molecule has 8 heteroatoms. The Kier molecular flexibility index (Phi) is 3.17. The fraction of sp³-hybridized carbons (Fsp3) is 0.0909. The van der Waals surface area contributed by atoms with E-state index in [0.717, 1.165) is 26.6 Å². The van der Waals surface area contributed by atoms with Crippen molar-refractivity contribution in [3.8, 4) is 0 Å². The molecule has 0 aliphatic heterocycles. The molecule has 3 rings (SSSR count). The molecule has 0 aliphatic rings. The number of nitrogens with zero attached hydrogens (tertiary/aromatic N) is 3. The van der Waals surface area contributed by atoms with E-state index in [0.29, 0.717) is 5.69 Å². The molecular formula is C11H7ClN4OS2. The van der Waals surface area contributed by atoms with Crippen LogP contribution in [0.5, 0.6) is 0 Å². The summed E-state index contributed by atoms with van der Waals surface area (Å²) in [5, 5.41) is 11.3. The van der Waals surface area contributed by atoms with Crippen molar-refractivity contribution >= 4 is 56.1 Å². The second-order valence-electron chi connectivity index (χ2n) is 3.73. The number of aryl methyl sites for hydroxylation is 1. The number of benzene rings is 1. The zero-order valence-electron chi connectivity index (χ0n) is 9.68. The molecule has 3 aromatic rings. The second kappa shape index (κ2) is 4.84. The van der Waals surface area contributed by atoms with Crippen LogP contribution in [-0.2, 0) is 0 Å². The zero-order valence-corrected chi connectivity index (χ0v) is 12.1. The second-order valence-corrected chi connectivity index (χ2v) is 6.52. The van der Waals surface area contributed by atoms with Crippen molar-refractivity contribution in [2.24, 2.45) is 0 Å². The first-order chi connectivity index (χ1) is 9.11. The number of thiazole rings is 1. The fourth-order valence-corrected chi connectivity index (χ4v) is 3.19. The van der Waals surface area contributed by atoms with Crippen LogP contribution < -0.4 is 5.32 Å². The van der Waals surface area contributed by atoms with Gasteiger partial charge in [-0.15, -0.1) is 21.5 Å². The van der Waals surface area contributed by atoms with Gasteiger partial charge in [-0.1, -0.05) is 11.3 Å². The van der Waals surface area contributed by atoms with Crippen LogP contribution in [0.2, 0.25) is 4.47 Å². The van der Waals surface area contributed by atoms with Gasteiger partial charge in [-0.25, -0.2) is 4.98 Å². The molecular weight excluding hydrogens is 304 g/mol. The molecule has 1 aromatic carbocycles. The van der Waals surface area contributed by atoms with Gasteiger partial charge in [0.2, 0.25) is 9.47 Å². The van der Waals surface area contributed by atoms with Gasteiger partial charge in [-0.2, -0.15) is 0 Å². The average molecular weight is 311 g/mol. The molecule has 2 aromatic heterocycles. The van der Waals surface area contributed by atoms with Crippen LogP contribution >= 0.6 is 34.3 Å². The lowest BCUT2D eigenvalue weighted by Crippen LogP contribution is -2.11. The maximum absolute atomic E-state index is 11.9. The summed E-state index contributed by atoms with van der Waals surface area (Å²) < 4.78 is 1.28. The molecule has 1 N–H and O–H groups in total. The van der Waals surface area contributed by atoms with E-state index in [1.54, 1.807) is 11.3 Å². The van der Waals surface area contributed by atoms with Gasteiger partial charge < -0.3 is 5.32 Å². The third-order valence-electron chi connectivity index (χ3n) is 2.35. The molecule has 0 saturated carbocycles. The summed E-state index contributed by atoms with van der Waals surface area (Å²) >= 11 is 8.28. The highest BCUT2D eigenvalue weighted by molar-refractivity contribution is 7.18. The molecule has 0 saturated heterocycles. The van der Waals surface area contributed by atoms with Gasteiger partial charge in [0.05, 0.1) is 15.2 Å². The van der Waals surface area contributed by atoms with Gasteiger partial charge in [0, 0.05) is 5.69 Å². The number of hydrogen-bond acceptors (Lipinski definition) is 6. The minimum atomic E-state index is -0.315. The molecule has 2 heterocycles. The molecule has 0 radical (unpaired) electrons. The van der Waals surface area contributed by atoms with E-state index in [9.17, 15) is 4.79 Å². The smallest absolute Gasteiger partial charge is 0.286 e. The predicted octanol–water partition coefficient (Wildman–Crippen LogP) is 3.36. The van der Waals surface area contributed by atoms with E-state index in [4.69, 9.17) is 11.6 Å². The zero-order chi connectivity index (χ0) is 13.4. The Morgan fingerprint density at radius 1 is 1.32 bits per heavy atom. The lowest BCUT2D eigenvalue weighted by Gasteiger charge is -2.01. The maximum Gasteiger partial charge on any atom is 0.286 e. The fourth-order valence-electron chi connectivity index (χ4n) is 1.60. The highest BCUT2D eigenvalue weighted by atomic mass is 35.5. The summed E-state index contributed by atoms with van der Waals surface area (Å²) in [6.45, 7) is 1.95. The van der Waals surface area contributed by atoms with Crippen LogP contribution in [0.25, 0.3) is 10.2 Å². The highest BCUT2D eigenvalue weighted by Crippen LogP contribution is 2.25. The van der Waals surface area contributed by atoms with Gasteiger partial charge in [0.15, 0.2) is 0 Å². The molecule has 0 fully saturated rings. The highest BCUT2D eigenvalue weighted by Gasteiger charge is 2.12. The third-order valence-corrected chi connectivity index (χ3v) is 4.30. The molecule has 1 amide bonds. The standard InChI is InChI=1S/C11H7ClN4OS2/c1-5-13-7-3-2-6(4-8(7)18-5)14-9(17)10-15-16-11(12)19-10/h2-4H,1H3,(H,14,17). The normalized spacial score (nSPS) is 10.8. The number of carbonyl (C=O) groups is 1. The number of halogens is 1. The van der Waals surface area contributed by atoms with Gasteiger partial charge in [0.25, 0.3) is 5.91 Å². The summed E-state index contributed by atoms with van der Waals surface area (Å²) in [5.41, 5.74) is 1.63. The number of fused-ring (bicyclic) bond motifs is 1. The minimum Gasteiger partial charge on any atom is -0.320 e. The third kappa shape index (κ3) is 2.58. The van der Waals surface area contributed by atoms with Crippen LogP contribution in [0.3, 0.4) is 0 Å². The van der Waals surface area contributed by atoms with Crippen molar-refractivity contribution in [3.05, 3.63) is 32.7 Å². The Morgan fingerprint density at radius 2 is 2.16 bits per heavy atom. The number of amides is 1. The van der Waals surface area contributed by atoms with E-state index in [-0.39, 0.29) is 15.4 Å². The Bertz CT molecular complexity index is 767. The Hall–Kier alpha value is -1.57. The summed E-state index contributed by atoms with van der Waals surface area (Å²) in [4.78, 5) is 16.3. The molecule has 19 heavy (non-hydrogen) atoms. The predicted molar refractivity (Wildman–Crippen MR) is 77.2 cm³/mol. The lowest BCUT2D eigenvalue weighted by molar-refractivity contribution is 0.102. The molecule has 0 bridgehead atoms. The Balaban J connectivity index is 1.86. The summed E-state index contributed by atoms with van der Waals surface area (Å²) in [6.07, 6.45) is 0. The van der Waals surface area contributed by atoms with Crippen LogP contribution in [0.15, 0.2) is 18.2 Å². The molecule has 0 unspecified atom stereocenters. The monoisotopic (exact) mass is 310 g/mol. The first-order valence-electron chi connectivity index (χ1n) is 5.29. The van der Waals surface area contributed by atoms with Crippen molar-refractivity contribution in [1.82, 2.24) is 15.2 Å². The molecule has 0 atom stereocenters. The van der Waals surface area contributed by atoms with E-state index < -0.39 is 0 Å². The number of nitrogens with one attached hydrogen (secondary N) is 1. The van der Waals surface area contributed by atoms with E-state index in [2.05, 4.69) is 20.5 Å². The number of rotatable bonds is 2. The first kappa shape index (κ1) is 12.5. The maximum atomic E-state index is 11.9. The topological polar surface area (TPSA) is 67.8 Å². The largest absolute Gasteiger partial charge is 0.320 e. The van der Waals surface area contributed by atoms with Gasteiger partial charge in [0.1, 0.15) is 0 Å². The van der Waals surface area contributed by atoms with Gasteiger partial charge in [-0.3, -0.25) is 4.79 Å². The first-order valence-corrected chi connectivity index (χ1v) is 7.30. The van der Waals surface area contributed by atoms with Crippen molar-refractivity contribution in [2.75, 3.05) is 5.32 Å². The summed E-state index contributed by atoms with van der Waals surface area (Å²) in [7, 11) is 0. The Morgan fingerprint density at radius 3 is 2.89 bits per heavy atom. The number of carbonyl (C=O) groups excluding carboxylic acids is 1. The van der Waals surface area contributed by atoms with Crippen molar-refractivity contribution in [1.29, 1.82) is 0 Å². The number of aromatic nitrogens is 3. The van der Waals surface area contributed by atoms with Crippen molar-refractivity contribution < 1.29 is 4.79 Å². The SMILES string of the molecule is Cc1nc2ccc(NC(=O)c3nnc(Cl)s3)cc2s1. The summed E-state index contributed by atoms with van der Waals surface area (Å²) in [6, 6.07) is 5.57. The number of hydrogen-bond donors (Lipinski definition) is 1. The van der Waals surface area contributed by atoms with E-state index in [1.807, 2.05) is 25.1 Å². The average Bonchev–Trinajstić information content (AvgIpc) is 2.93. The van der Waals surface area contributed by atoms with Crippen LogP contribution in [0.4, 0.5) is 5.69 Å². The molecule has 0 aliphatic carbocycles. The van der Waals surface area contributed by atoms with Crippen LogP contribution in [0, 0.1) is 6.92 Å². The Labute approximate surface area is 121 Å². The molecule has 96 valence electrons. The molecule has 0 spiro atoms. The number of anilines is 1. The van der Waals surface area contributed by atoms with Crippen LogP contribution in [0.1, 0.15) is 14.8 Å². The van der Waals surface area contributed by atoms with Gasteiger partial charge >= 0.3 is 0 Å². The van der Waals surface area contributed by atoms with E-state index >= 15 is 0 Å². The van der Waals surface area contributed by atoms with Crippen molar-refractivity contribution in [2.45, 2.75) is 6.92 Å². The summed E-state index contributed by atoms with van der Waals surface area (Å²) in [5.74, 6) is -0.315. The van der Waals surface area contributed by atoms with Crippen molar-refractivity contribution in [3.63, 3.8) is 0 Å². The minimum absolute atomic E-state index is 0.241. The van der Waals surface area contributed by atoms with Crippen LogP contribution in [-0.4, -0.2) is 21.1 Å². The molecule has 5 nitrogen and oxygen atoms in total. The van der Waals surface area contributed by atoms with Gasteiger partial charge in [-0.05, 0) is 36.7 Å². The quantitative estimate of drug-likeness (QED) is 0.788. The lowest BCUT2D eigenvalue weighted by atomic mass is 10.3. The van der Waals surface area contributed by atoms with E-state index in [1.165, 1.54) is 0 Å².